The Morgan fingerprint density at radius 2 is 1.93 bits per heavy atom. The van der Waals surface area contributed by atoms with E-state index in [1.54, 1.807) is 36.5 Å². The van der Waals surface area contributed by atoms with Crippen LogP contribution in [0, 0.1) is 6.92 Å². The van der Waals surface area contributed by atoms with E-state index < -0.39 is 11.8 Å². The molecule has 0 bridgehead atoms. The molecule has 0 aliphatic rings. The number of rotatable bonds is 5. The second kappa shape index (κ2) is 8.46. The van der Waals surface area contributed by atoms with Gasteiger partial charge in [0.15, 0.2) is 5.76 Å². The highest BCUT2D eigenvalue weighted by Crippen LogP contribution is 2.22. The van der Waals surface area contributed by atoms with Crippen LogP contribution in [-0.4, -0.2) is 18.0 Å². The van der Waals surface area contributed by atoms with Gasteiger partial charge in [-0.1, -0.05) is 45.8 Å². The van der Waals surface area contributed by atoms with Crippen LogP contribution in [0.15, 0.2) is 74.9 Å². The molecular formula is C20H16BrN3O3. The van der Waals surface area contributed by atoms with Crippen molar-refractivity contribution in [2.75, 3.05) is 5.32 Å². The first-order valence-corrected chi connectivity index (χ1v) is 8.87. The van der Waals surface area contributed by atoms with Gasteiger partial charge in [0, 0.05) is 4.47 Å². The fourth-order valence-electron chi connectivity index (χ4n) is 2.38. The lowest BCUT2D eigenvalue weighted by atomic mass is 10.1. The van der Waals surface area contributed by atoms with Gasteiger partial charge in [-0.05, 0) is 42.8 Å². The third-order valence-corrected chi connectivity index (χ3v) is 4.13. The number of hydrogen-bond acceptors (Lipinski definition) is 4. The Bertz CT molecular complexity index is 997. The van der Waals surface area contributed by atoms with Gasteiger partial charge in [0.1, 0.15) is 0 Å². The highest BCUT2D eigenvalue weighted by atomic mass is 79.9. The van der Waals surface area contributed by atoms with E-state index in [1.165, 1.54) is 6.26 Å². The summed E-state index contributed by atoms with van der Waals surface area (Å²) >= 11 is 3.33. The molecule has 0 aliphatic heterocycles. The number of furan rings is 1. The monoisotopic (exact) mass is 425 g/mol. The number of benzene rings is 2. The molecule has 0 saturated heterocycles. The molecule has 2 N–H and O–H groups in total. The first-order chi connectivity index (χ1) is 13.0. The van der Waals surface area contributed by atoms with E-state index in [0.29, 0.717) is 10.2 Å². The maximum Gasteiger partial charge on any atom is 0.291 e. The van der Waals surface area contributed by atoms with Gasteiger partial charge in [0.05, 0.1) is 23.7 Å². The predicted octanol–water partition coefficient (Wildman–Crippen LogP) is 4.37. The predicted molar refractivity (Wildman–Crippen MR) is 107 cm³/mol. The molecule has 3 rings (SSSR count). The van der Waals surface area contributed by atoms with E-state index in [-0.39, 0.29) is 11.3 Å². The van der Waals surface area contributed by atoms with E-state index >= 15 is 0 Å². The highest BCUT2D eigenvalue weighted by molar-refractivity contribution is 9.10. The van der Waals surface area contributed by atoms with Crippen molar-refractivity contribution in [2.24, 2.45) is 5.10 Å². The summed E-state index contributed by atoms with van der Waals surface area (Å²) in [7, 11) is 0. The molecule has 0 radical (unpaired) electrons. The van der Waals surface area contributed by atoms with Crippen molar-refractivity contribution >= 4 is 39.6 Å². The number of halogens is 1. The third kappa shape index (κ3) is 4.92. The Balaban J connectivity index is 1.75. The van der Waals surface area contributed by atoms with E-state index in [1.807, 2.05) is 31.2 Å². The third-order valence-electron chi connectivity index (χ3n) is 3.64. The number of nitrogens with zero attached hydrogens (tertiary/aromatic N) is 1. The molecule has 0 aliphatic carbocycles. The minimum Gasteiger partial charge on any atom is -0.459 e. The molecule has 27 heavy (non-hydrogen) atoms. The second-order valence-electron chi connectivity index (χ2n) is 5.73. The van der Waals surface area contributed by atoms with Crippen LogP contribution >= 0.6 is 15.9 Å². The molecule has 2 amide bonds. The number of anilines is 1. The normalized spacial score (nSPS) is 10.7. The van der Waals surface area contributed by atoms with E-state index in [2.05, 4.69) is 31.8 Å². The molecule has 7 heteroatoms. The summed E-state index contributed by atoms with van der Waals surface area (Å²) in [6.45, 7) is 1.98. The van der Waals surface area contributed by atoms with Crippen molar-refractivity contribution in [1.82, 2.24) is 5.43 Å². The van der Waals surface area contributed by atoms with Gasteiger partial charge >= 0.3 is 0 Å². The van der Waals surface area contributed by atoms with E-state index in [9.17, 15) is 9.59 Å². The largest absolute Gasteiger partial charge is 0.459 e. The van der Waals surface area contributed by atoms with Crippen LogP contribution in [0.5, 0.6) is 0 Å². The summed E-state index contributed by atoms with van der Waals surface area (Å²) in [6.07, 6.45) is 2.97. The standard InChI is InChI=1S/C20H16BrN3O3/c1-13-4-2-5-14(10-13)12-22-24-19(25)16-11-15(21)7-8-17(16)23-20(26)18-6-3-9-27-18/h2-12H,1H3,(H,23,26)(H,24,25). The fraction of sp³-hybridized carbons (Fsp3) is 0.0500. The SMILES string of the molecule is Cc1cccc(C=NNC(=O)c2cc(Br)ccc2NC(=O)c2ccco2)c1. The van der Waals surface area contributed by atoms with Crippen LogP contribution in [0.1, 0.15) is 32.0 Å². The molecule has 0 saturated carbocycles. The zero-order chi connectivity index (χ0) is 19.2. The van der Waals surface area contributed by atoms with Gasteiger partial charge in [0.25, 0.3) is 11.8 Å². The molecule has 0 unspecified atom stereocenters. The molecule has 1 aromatic heterocycles. The van der Waals surface area contributed by atoms with Crippen LogP contribution in [0.3, 0.4) is 0 Å². The molecule has 0 spiro atoms. The van der Waals surface area contributed by atoms with Crippen LogP contribution in [0.25, 0.3) is 0 Å². The number of nitrogens with one attached hydrogen (secondary N) is 2. The van der Waals surface area contributed by atoms with Gasteiger partial charge in [-0.25, -0.2) is 5.43 Å². The lowest BCUT2D eigenvalue weighted by Gasteiger charge is -2.10. The number of aryl methyl sites for hydroxylation is 1. The highest BCUT2D eigenvalue weighted by Gasteiger charge is 2.16. The van der Waals surface area contributed by atoms with Gasteiger partial charge < -0.3 is 9.73 Å². The average Bonchev–Trinajstić information content (AvgIpc) is 3.18. The molecule has 2 aromatic carbocycles. The van der Waals surface area contributed by atoms with Gasteiger partial charge in [-0.3, -0.25) is 9.59 Å². The second-order valence-corrected chi connectivity index (χ2v) is 6.65. The Kier molecular flexibility index (Phi) is 5.83. The number of amides is 2. The number of hydrogen-bond donors (Lipinski definition) is 2. The summed E-state index contributed by atoms with van der Waals surface area (Å²) in [5, 5.41) is 6.66. The molecule has 1 heterocycles. The summed E-state index contributed by atoms with van der Waals surface area (Å²) in [5.41, 5.74) is 5.07. The lowest BCUT2D eigenvalue weighted by Crippen LogP contribution is -2.21. The van der Waals surface area contributed by atoms with E-state index in [4.69, 9.17) is 4.42 Å². The molecule has 136 valence electrons. The molecule has 6 nitrogen and oxygen atoms in total. The van der Waals surface area contributed by atoms with Crippen LogP contribution < -0.4 is 10.7 Å². The zero-order valence-electron chi connectivity index (χ0n) is 14.4. The van der Waals surface area contributed by atoms with Crippen LogP contribution in [0.2, 0.25) is 0 Å². The zero-order valence-corrected chi connectivity index (χ0v) is 16.0. The summed E-state index contributed by atoms with van der Waals surface area (Å²) in [6, 6.07) is 15.8. The Labute approximate surface area is 164 Å². The van der Waals surface area contributed by atoms with Crippen molar-refractivity contribution in [3.63, 3.8) is 0 Å². The van der Waals surface area contributed by atoms with Gasteiger partial charge in [-0.2, -0.15) is 5.10 Å². The smallest absolute Gasteiger partial charge is 0.291 e. The topological polar surface area (TPSA) is 83.7 Å². The minimum atomic E-state index is -0.449. The molecular weight excluding hydrogens is 410 g/mol. The number of hydrazone groups is 1. The minimum absolute atomic E-state index is 0.154. The Morgan fingerprint density at radius 3 is 2.67 bits per heavy atom. The van der Waals surface area contributed by atoms with Gasteiger partial charge in [0.2, 0.25) is 0 Å². The fourth-order valence-corrected chi connectivity index (χ4v) is 2.74. The average molecular weight is 426 g/mol. The van der Waals surface area contributed by atoms with Crippen LogP contribution in [0.4, 0.5) is 5.69 Å². The van der Waals surface area contributed by atoms with Crippen molar-refractivity contribution < 1.29 is 14.0 Å². The maximum atomic E-state index is 12.5. The van der Waals surface area contributed by atoms with Crippen molar-refractivity contribution in [1.29, 1.82) is 0 Å². The van der Waals surface area contributed by atoms with Crippen molar-refractivity contribution in [2.45, 2.75) is 6.92 Å². The van der Waals surface area contributed by atoms with Gasteiger partial charge in [-0.15, -0.1) is 0 Å². The van der Waals surface area contributed by atoms with Crippen molar-refractivity contribution in [3.8, 4) is 0 Å². The summed E-state index contributed by atoms with van der Waals surface area (Å²) in [4.78, 5) is 24.7. The first-order valence-electron chi connectivity index (χ1n) is 8.07. The Morgan fingerprint density at radius 1 is 1.07 bits per heavy atom. The number of carbonyl (C=O) groups is 2. The lowest BCUT2D eigenvalue weighted by molar-refractivity contribution is 0.0956. The molecule has 0 fully saturated rings. The summed E-state index contributed by atoms with van der Waals surface area (Å²) in [5.74, 6) is -0.740. The summed E-state index contributed by atoms with van der Waals surface area (Å²) < 4.78 is 5.77. The first kappa shape index (κ1) is 18.6. The van der Waals surface area contributed by atoms with Crippen molar-refractivity contribution in [3.05, 3.63) is 87.8 Å². The molecule has 0 atom stereocenters. The molecule has 3 aromatic rings. The quantitative estimate of drug-likeness (QED) is 0.470. The number of carbonyl (C=O) groups excluding carboxylic acids is 2. The Hall–Kier alpha value is -3.19. The van der Waals surface area contributed by atoms with E-state index in [0.717, 1.165) is 11.1 Å². The maximum absolute atomic E-state index is 12.5. The van der Waals surface area contributed by atoms with Crippen LogP contribution in [-0.2, 0) is 0 Å².